The first kappa shape index (κ1) is 17.1. The zero-order valence-corrected chi connectivity index (χ0v) is 13.9. The molecule has 25 heavy (non-hydrogen) atoms. The number of hydrogen-bond acceptors (Lipinski definition) is 5. The van der Waals surface area contributed by atoms with Gasteiger partial charge in [0, 0.05) is 25.2 Å². The Balaban J connectivity index is 1.85. The first-order chi connectivity index (χ1) is 12.1. The number of aromatic nitrogens is 2. The van der Waals surface area contributed by atoms with Crippen molar-refractivity contribution in [3.05, 3.63) is 45.0 Å². The maximum atomic E-state index is 12.6. The summed E-state index contributed by atoms with van der Waals surface area (Å²) in [6.45, 7) is 1.32. The van der Waals surface area contributed by atoms with E-state index in [-0.39, 0.29) is 23.5 Å². The van der Waals surface area contributed by atoms with Gasteiger partial charge in [-0.1, -0.05) is 19.3 Å². The van der Waals surface area contributed by atoms with E-state index in [0.717, 1.165) is 25.7 Å². The van der Waals surface area contributed by atoms with Crippen molar-refractivity contribution >= 4 is 22.5 Å². The number of carbonyl (C=O) groups is 1. The number of hydrogen-bond donors (Lipinski definition) is 0. The number of nitrogens with zero attached hydrogens (tertiary/aromatic N) is 4. The molecular formula is C17H20N4O4. The van der Waals surface area contributed by atoms with Crippen LogP contribution in [0.25, 0.3) is 10.9 Å². The zero-order chi connectivity index (χ0) is 17.8. The molecule has 8 heteroatoms. The number of carbonyl (C=O) groups excluding carboxylic acids is 1. The lowest BCUT2D eigenvalue weighted by Gasteiger charge is -2.25. The van der Waals surface area contributed by atoms with Crippen molar-refractivity contribution in [1.29, 1.82) is 0 Å². The van der Waals surface area contributed by atoms with E-state index < -0.39 is 10.5 Å². The average Bonchev–Trinajstić information content (AvgIpc) is 2.56. The van der Waals surface area contributed by atoms with Crippen LogP contribution < -0.4 is 5.56 Å². The predicted octanol–water partition coefficient (Wildman–Crippen LogP) is 2.10. The van der Waals surface area contributed by atoms with Crippen LogP contribution in [-0.4, -0.2) is 38.4 Å². The monoisotopic (exact) mass is 344 g/mol. The van der Waals surface area contributed by atoms with Crippen LogP contribution in [0.3, 0.4) is 0 Å². The van der Waals surface area contributed by atoms with Crippen LogP contribution >= 0.6 is 0 Å². The topological polar surface area (TPSA) is 98.3 Å². The Morgan fingerprint density at radius 1 is 1.16 bits per heavy atom. The maximum absolute atomic E-state index is 12.6. The SMILES string of the molecule is O=C(Cn1cnc2ccc([N+](=O)[O-])cc2c1=O)N1CCCCCCC1. The molecule has 0 unspecified atom stereocenters. The third kappa shape index (κ3) is 3.84. The normalized spacial score (nSPS) is 15.6. The van der Waals surface area contributed by atoms with E-state index in [9.17, 15) is 19.7 Å². The van der Waals surface area contributed by atoms with E-state index in [4.69, 9.17) is 0 Å². The second-order valence-electron chi connectivity index (χ2n) is 6.28. The van der Waals surface area contributed by atoms with E-state index in [1.807, 2.05) is 0 Å². The van der Waals surface area contributed by atoms with Gasteiger partial charge in [0.15, 0.2) is 0 Å². The lowest BCUT2D eigenvalue weighted by Crippen LogP contribution is -2.38. The van der Waals surface area contributed by atoms with Crippen molar-refractivity contribution < 1.29 is 9.72 Å². The summed E-state index contributed by atoms with van der Waals surface area (Å²) in [7, 11) is 0. The van der Waals surface area contributed by atoms with Crippen LogP contribution in [0, 0.1) is 10.1 Å². The highest BCUT2D eigenvalue weighted by Gasteiger charge is 2.17. The van der Waals surface area contributed by atoms with Gasteiger partial charge in [-0.05, 0) is 18.9 Å². The molecule has 0 bridgehead atoms. The fourth-order valence-electron chi connectivity index (χ4n) is 3.12. The van der Waals surface area contributed by atoms with E-state index in [2.05, 4.69) is 4.98 Å². The smallest absolute Gasteiger partial charge is 0.270 e. The molecule has 2 heterocycles. The number of nitro groups is 1. The molecular weight excluding hydrogens is 324 g/mol. The number of benzene rings is 1. The number of rotatable bonds is 3. The van der Waals surface area contributed by atoms with Gasteiger partial charge in [0.1, 0.15) is 6.54 Å². The second-order valence-corrected chi connectivity index (χ2v) is 6.28. The van der Waals surface area contributed by atoms with Gasteiger partial charge in [-0.15, -0.1) is 0 Å². The maximum Gasteiger partial charge on any atom is 0.270 e. The summed E-state index contributed by atoms with van der Waals surface area (Å²) in [5.41, 5.74) is -0.223. The van der Waals surface area contributed by atoms with Gasteiger partial charge >= 0.3 is 0 Å². The molecule has 8 nitrogen and oxygen atoms in total. The van der Waals surface area contributed by atoms with E-state index in [0.29, 0.717) is 18.6 Å². The number of nitro benzene ring substituents is 1. The Morgan fingerprint density at radius 2 is 1.84 bits per heavy atom. The number of likely N-dealkylation sites (tertiary alicyclic amines) is 1. The average molecular weight is 344 g/mol. The molecule has 0 spiro atoms. The molecule has 1 aliphatic rings. The Bertz CT molecular complexity index is 853. The first-order valence-corrected chi connectivity index (χ1v) is 8.47. The first-order valence-electron chi connectivity index (χ1n) is 8.47. The molecule has 2 aromatic rings. The summed E-state index contributed by atoms with van der Waals surface area (Å²) in [6, 6.07) is 3.96. The molecule has 132 valence electrons. The standard InChI is InChI=1S/C17H20N4O4/c22-16(19-8-4-2-1-3-5-9-19)11-20-12-18-15-7-6-13(21(24)25)10-14(15)17(20)23/h6-7,10,12H,1-5,8-9,11H2. The summed E-state index contributed by atoms with van der Waals surface area (Å²) >= 11 is 0. The molecule has 1 amide bonds. The van der Waals surface area contributed by atoms with Crippen LogP contribution in [-0.2, 0) is 11.3 Å². The summed E-state index contributed by atoms with van der Waals surface area (Å²) in [5.74, 6) is -0.115. The molecule has 1 aromatic carbocycles. The molecule has 1 saturated heterocycles. The Labute approximate surface area is 144 Å². The summed E-state index contributed by atoms with van der Waals surface area (Å²) < 4.78 is 1.23. The number of fused-ring (bicyclic) bond motifs is 1. The van der Waals surface area contributed by atoms with Gasteiger partial charge in [0.05, 0.1) is 22.2 Å². The molecule has 0 atom stereocenters. The molecule has 0 saturated carbocycles. The van der Waals surface area contributed by atoms with E-state index in [1.54, 1.807) is 4.90 Å². The van der Waals surface area contributed by atoms with Crippen molar-refractivity contribution in [2.24, 2.45) is 0 Å². The molecule has 1 aliphatic heterocycles. The minimum Gasteiger partial charge on any atom is -0.341 e. The highest BCUT2D eigenvalue weighted by Crippen LogP contribution is 2.16. The minimum absolute atomic E-state index is 0.0928. The van der Waals surface area contributed by atoms with Gasteiger partial charge < -0.3 is 4.90 Å². The summed E-state index contributed by atoms with van der Waals surface area (Å²) in [4.78, 5) is 41.4. The Morgan fingerprint density at radius 3 is 2.52 bits per heavy atom. The Hall–Kier alpha value is -2.77. The van der Waals surface area contributed by atoms with Gasteiger partial charge in [-0.25, -0.2) is 4.98 Å². The lowest BCUT2D eigenvalue weighted by molar-refractivity contribution is -0.384. The van der Waals surface area contributed by atoms with Crippen molar-refractivity contribution in [1.82, 2.24) is 14.5 Å². The molecule has 0 N–H and O–H groups in total. The second kappa shape index (κ2) is 7.42. The largest absolute Gasteiger partial charge is 0.341 e. The van der Waals surface area contributed by atoms with Crippen molar-refractivity contribution in [2.45, 2.75) is 38.6 Å². The van der Waals surface area contributed by atoms with Gasteiger partial charge in [0.25, 0.3) is 11.2 Å². The van der Waals surface area contributed by atoms with Gasteiger partial charge in [-0.2, -0.15) is 0 Å². The predicted molar refractivity (Wildman–Crippen MR) is 92.3 cm³/mol. The minimum atomic E-state index is -0.554. The van der Waals surface area contributed by atoms with Crippen LogP contribution in [0.5, 0.6) is 0 Å². The van der Waals surface area contributed by atoms with Crippen molar-refractivity contribution in [2.75, 3.05) is 13.1 Å². The van der Waals surface area contributed by atoms with Crippen LogP contribution in [0.2, 0.25) is 0 Å². The van der Waals surface area contributed by atoms with E-state index in [1.165, 1.54) is 35.5 Å². The number of non-ortho nitro benzene ring substituents is 1. The van der Waals surface area contributed by atoms with Gasteiger partial charge in [-0.3, -0.25) is 24.3 Å². The van der Waals surface area contributed by atoms with Crippen molar-refractivity contribution in [3.63, 3.8) is 0 Å². The summed E-state index contributed by atoms with van der Waals surface area (Å²) in [6.07, 6.45) is 6.72. The molecule has 0 aliphatic carbocycles. The van der Waals surface area contributed by atoms with Crippen LogP contribution in [0.15, 0.2) is 29.3 Å². The quantitative estimate of drug-likeness (QED) is 0.627. The molecule has 0 radical (unpaired) electrons. The molecule has 1 aromatic heterocycles. The van der Waals surface area contributed by atoms with Crippen LogP contribution in [0.4, 0.5) is 5.69 Å². The molecule has 1 fully saturated rings. The van der Waals surface area contributed by atoms with E-state index >= 15 is 0 Å². The lowest BCUT2D eigenvalue weighted by atomic mass is 10.1. The van der Waals surface area contributed by atoms with Crippen LogP contribution in [0.1, 0.15) is 32.1 Å². The highest BCUT2D eigenvalue weighted by atomic mass is 16.6. The number of amides is 1. The van der Waals surface area contributed by atoms with Crippen molar-refractivity contribution in [3.8, 4) is 0 Å². The third-order valence-corrected chi connectivity index (χ3v) is 4.53. The summed E-state index contributed by atoms with van der Waals surface area (Å²) in [5, 5.41) is 11.1. The fourth-order valence-corrected chi connectivity index (χ4v) is 3.12. The Kier molecular flexibility index (Phi) is 5.06. The molecule has 3 rings (SSSR count). The highest BCUT2D eigenvalue weighted by molar-refractivity contribution is 5.81. The zero-order valence-electron chi connectivity index (χ0n) is 13.9. The fraction of sp³-hybridized carbons (Fsp3) is 0.471. The van der Waals surface area contributed by atoms with Gasteiger partial charge in [0.2, 0.25) is 5.91 Å². The third-order valence-electron chi connectivity index (χ3n) is 4.53.